The quantitative estimate of drug-likeness (QED) is 0.538. The van der Waals surface area contributed by atoms with Crippen LogP contribution in [0.4, 0.5) is 0 Å². The van der Waals surface area contributed by atoms with Crippen LogP contribution in [0.15, 0.2) is 11.8 Å². The number of fused-ring (bicyclic) bond motifs is 1. The highest BCUT2D eigenvalue weighted by Crippen LogP contribution is 2.32. The highest BCUT2D eigenvalue weighted by molar-refractivity contribution is 5.92. The van der Waals surface area contributed by atoms with Crippen LogP contribution in [0.25, 0.3) is 0 Å². The number of carbonyl (C=O) groups excluding carboxylic acids is 1. The second-order valence-corrected chi connectivity index (χ2v) is 2.82. The Balaban J connectivity index is 2.18. The topological polar surface area (TPSA) is 57.6 Å². The molecule has 58 valence electrons. The van der Waals surface area contributed by atoms with Crippen molar-refractivity contribution in [3.63, 3.8) is 0 Å². The average molecular weight is 153 g/mol. The first-order valence-electron chi connectivity index (χ1n) is 3.43. The van der Waals surface area contributed by atoms with Crippen molar-refractivity contribution < 1.29 is 14.7 Å². The van der Waals surface area contributed by atoms with Crippen LogP contribution >= 0.6 is 0 Å². The number of aliphatic carboxylic acids is 1. The van der Waals surface area contributed by atoms with Gasteiger partial charge in [-0.25, -0.2) is 4.79 Å². The smallest absolute Gasteiger partial charge is 0.333 e. The van der Waals surface area contributed by atoms with Gasteiger partial charge in [0.2, 0.25) is 5.91 Å². The van der Waals surface area contributed by atoms with Gasteiger partial charge in [0.05, 0.1) is 5.57 Å². The van der Waals surface area contributed by atoms with E-state index in [-0.39, 0.29) is 11.9 Å². The van der Waals surface area contributed by atoms with E-state index in [1.165, 1.54) is 11.1 Å². The monoisotopic (exact) mass is 153 g/mol. The van der Waals surface area contributed by atoms with Gasteiger partial charge in [0.1, 0.15) is 0 Å². The van der Waals surface area contributed by atoms with Crippen LogP contribution in [0, 0.1) is 0 Å². The van der Waals surface area contributed by atoms with Crippen LogP contribution in [0.3, 0.4) is 0 Å². The number of carbonyl (C=O) groups is 2. The third-order valence-electron chi connectivity index (χ3n) is 2.12. The Morgan fingerprint density at radius 2 is 2.36 bits per heavy atom. The van der Waals surface area contributed by atoms with E-state index in [2.05, 4.69) is 0 Å². The first-order chi connectivity index (χ1) is 5.18. The van der Waals surface area contributed by atoms with Crippen molar-refractivity contribution in [1.29, 1.82) is 0 Å². The Morgan fingerprint density at radius 3 is 2.82 bits per heavy atom. The average Bonchev–Trinajstić information content (AvgIpc) is 2.26. The summed E-state index contributed by atoms with van der Waals surface area (Å²) in [7, 11) is 0. The van der Waals surface area contributed by atoms with E-state index in [9.17, 15) is 9.59 Å². The third kappa shape index (κ3) is 0.753. The summed E-state index contributed by atoms with van der Waals surface area (Å²) in [5.74, 6) is -0.876. The maximum atomic E-state index is 10.8. The van der Waals surface area contributed by atoms with Gasteiger partial charge in [-0.05, 0) is 0 Å². The van der Waals surface area contributed by atoms with E-state index in [0.29, 0.717) is 18.4 Å². The molecule has 1 saturated heterocycles. The summed E-state index contributed by atoms with van der Waals surface area (Å²) < 4.78 is 0. The molecule has 4 heteroatoms. The van der Waals surface area contributed by atoms with Gasteiger partial charge >= 0.3 is 5.97 Å². The summed E-state index contributed by atoms with van der Waals surface area (Å²) in [6, 6.07) is 0.147. The second kappa shape index (κ2) is 1.84. The Morgan fingerprint density at radius 1 is 1.64 bits per heavy atom. The lowest BCUT2D eigenvalue weighted by Gasteiger charge is -2.32. The minimum Gasteiger partial charge on any atom is -0.478 e. The molecule has 0 bridgehead atoms. The number of hydrogen-bond acceptors (Lipinski definition) is 2. The van der Waals surface area contributed by atoms with E-state index in [0.717, 1.165) is 0 Å². The summed E-state index contributed by atoms with van der Waals surface area (Å²) in [5, 5.41) is 8.56. The lowest BCUT2D eigenvalue weighted by Crippen LogP contribution is -2.45. The van der Waals surface area contributed by atoms with E-state index in [1.807, 2.05) is 0 Å². The maximum absolute atomic E-state index is 10.8. The predicted molar refractivity (Wildman–Crippen MR) is 35.6 cm³/mol. The molecule has 0 radical (unpaired) electrons. The van der Waals surface area contributed by atoms with Gasteiger partial charge in [-0.1, -0.05) is 0 Å². The molecular weight excluding hydrogens is 146 g/mol. The van der Waals surface area contributed by atoms with Crippen LogP contribution < -0.4 is 0 Å². The number of nitrogens with zero attached hydrogens (tertiary/aromatic N) is 1. The summed E-state index contributed by atoms with van der Waals surface area (Å²) >= 11 is 0. The van der Waals surface area contributed by atoms with Crippen molar-refractivity contribution in [3.8, 4) is 0 Å². The minimum atomic E-state index is -0.910. The lowest BCUT2D eigenvalue weighted by atomic mass is 10.0. The SMILES string of the molecule is O=C(O)C1=CN2C(=O)CC2C1. The Kier molecular flexibility index (Phi) is 1.07. The fraction of sp³-hybridized carbons (Fsp3) is 0.429. The number of β-lactam (4-membered cyclic amide) rings is 1. The Labute approximate surface area is 63.1 Å². The second-order valence-electron chi connectivity index (χ2n) is 2.82. The van der Waals surface area contributed by atoms with Crippen LogP contribution in [0.5, 0.6) is 0 Å². The van der Waals surface area contributed by atoms with E-state index >= 15 is 0 Å². The molecule has 0 saturated carbocycles. The standard InChI is InChI=1S/C7H7NO3/c9-6-2-5-1-4(7(10)11)3-8(5)6/h3,5H,1-2H2,(H,10,11). The van der Waals surface area contributed by atoms with Gasteiger partial charge in [0, 0.05) is 25.1 Å². The molecule has 2 rings (SSSR count). The molecule has 1 unspecified atom stereocenters. The van der Waals surface area contributed by atoms with Crippen LogP contribution in [0.2, 0.25) is 0 Å². The van der Waals surface area contributed by atoms with Gasteiger partial charge in [-0.3, -0.25) is 4.79 Å². The molecule has 2 heterocycles. The molecule has 1 N–H and O–H groups in total. The van der Waals surface area contributed by atoms with Crippen molar-refractivity contribution in [1.82, 2.24) is 4.90 Å². The highest BCUT2D eigenvalue weighted by Gasteiger charge is 2.41. The van der Waals surface area contributed by atoms with E-state index < -0.39 is 5.97 Å². The summed E-state index contributed by atoms with van der Waals surface area (Å²) in [4.78, 5) is 22.7. The molecule has 1 fully saturated rings. The van der Waals surface area contributed by atoms with E-state index in [1.54, 1.807) is 0 Å². The fourth-order valence-electron chi connectivity index (χ4n) is 1.46. The fourth-order valence-corrected chi connectivity index (χ4v) is 1.46. The number of amides is 1. The molecule has 0 aromatic rings. The predicted octanol–water partition coefficient (Wildman–Crippen LogP) is -0.0405. The third-order valence-corrected chi connectivity index (χ3v) is 2.12. The molecule has 0 aromatic heterocycles. The molecule has 1 amide bonds. The number of rotatable bonds is 1. The molecule has 2 aliphatic rings. The van der Waals surface area contributed by atoms with Crippen molar-refractivity contribution in [2.75, 3.05) is 0 Å². The van der Waals surface area contributed by atoms with Crippen LogP contribution in [-0.2, 0) is 9.59 Å². The molecule has 11 heavy (non-hydrogen) atoms. The van der Waals surface area contributed by atoms with Crippen molar-refractivity contribution >= 4 is 11.9 Å². The van der Waals surface area contributed by atoms with Gasteiger partial charge in [-0.2, -0.15) is 0 Å². The summed E-state index contributed by atoms with van der Waals surface area (Å²) in [6.07, 6.45) is 2.47. The highest BCUT2D eigenvalue weighted by atomic mass is 16.4. The Hall–Kier alpha value is -1.32. The molecule has 0 spiro atoms. The zero-order valence-corrected chi connectivity index (χ0v) is 5.78. The van der Waals surface area contributed by atoms with E-state index in [4.69, 9.17) is 5.11 Å². The number of carboxylic acid groups (broad SMARTS) is 1. The van der Waals surface area contributed by atoms with Gasteiger partial charge in [-0.15, -0.1) is 0 Å². The van der Waals surface area contributed by atoms with Crippen LogP contribution in [-0.4, -0.2) is 27.9 Å². The largest absolute Gasteiger partial charge is 0.478 e. The molecular formula is C7H7NO3. The molecule has 0 aromatic carbocycles. The molecule has 0 aliphatic carbocycles. The normalized spacial score (nSPS) is 27.6. The first-order valence-corrected chi connectivity index (χ1v) is 3.43. The zero-order chi connectivity index (χ0) is 8.01. The molecule has 2 aliphatic heterocycles. The maximum Gasteiger partial charge on any atom is 0.333 e. The summed E-state index contributed by atoms with van der Waals surface area (Å²) in [5.41, 5.74) is 0.348. The van der Waals surface area contributed by atoms with Crippen molar-refractivity contribution in [2.24, 2.45) is 0 Å². The minimum absolute atomic E-state index is 0.0336. The van der Waals surface area contributed by atoms with Crippen LogP contribution in [0.1, 0.15) is 12.8 Å². The van der Waals surface area contributed by atoms with Gasteiger partial charge in [0.25, 0.3) is 0 Å². The van der Waals surface area contributed by atoms with Crippen molar-refractivity contribution in [3.05, 3.63) is 11.8 Å². The van der Waals surface area contributed by atoms with Crippen molar-refractivity contribution in [2.45, 2.75) is 18.9 Å². The van der Waals surface area contributed by atoms with Gasteiger partial charge in [0.15, 0.2) is 0 Å². The number of carboxylic acids is 1. The molecule has 4 nitrogen and oxygen atoms in total. The summed E-state index contributed by atoms with van der Waals surface area (Å²) in [6.45, 7) is 0. The zero-order valence-electron chi connectivity index (χ0n) is 5.78. The lowest BCUT2D eigenvalue weighted by molar-refractivity contribution is -0.140. The molecule has 1 atom stereocenters. The van der Waals surface area contributed by atoms with Gasteiger partial charge < -0.3 is 10.0 Å². The Bertz CT molecular complexity index is 269. The first kappa shape index (κ1) is 6.39. The number of hydrogen-bond donors (Lipinski definition) is 1.